The quantitative estimate of drug-likeness (QED) is 0.775. The molecule has 3 atom stereocenters. The smallest absolute Gasteiger partial charge is 0.0631 e. The van der Waals surface area contributed by atoms with Gasteiger partial charge in [-0.05, 0) is 58.9 Å². The van der Waals surface area contributed by atoms with E-state index in [-0.39, 0.29) is 5.60 Å². The van der Waals surface area contributed by atoms with Crippen molar-refractivity contribution in [3.05, 3.63) is 0 Å². The molecule has 2 heteroatoms. The lowest BCUT2D eigenvalue weighted by Gasteiger charge is -2.24. The molecular weight excluding hydrogens is 186 g/mol. The van der Waals surface area contributed by atoms with Gasteiger partial charge < -0.3 is 10.1 Å². The highest BCUT2D eigenvalue weighted by Gasteiger charge is 2.35. The van der Waals surface area contributed by atoms with Gasteiger partial charge in [0.25, 0.3) is 0 Å². The van der Waals surface area contributed by atoms with E-state index in [9.17, 15) is 0 Å². The van der Waals surface area contributed by atoms with Crippen LogP contribution < -0.4 is 5.32 Å². The first kappa shape index (κ1) is 11.4. The van der Waals surface area contributed by atoms with Crippen molar-refractivity contribution in [1.29, 1.82) is 0 Å². The zero-order chi connectivity index (χ0) is 10.9. The van der Waals surface area contributed by atoms with Gasteiger partial charge in [0, 0.05) is 6.04 Å². The molecule has 0 bridgehead atoms. The molecule has 1 heterocycles. The molecule has 0 spiro atoms. The fourth-order valence-electron chi connectivity index (χ4n) is 3.28. The minimum Gasteiger partial charge on any atom is -0.372 e. The van der Waals surface area contributed by atoms with E-state index in [1.807, 2.05) is 0 Å². The third-order valence-corrected chi connectivity index (χ3v) is 4.15. The Morgan fingerprint density at radius 1 is 1.27 bits per heavy atom. The first-order chi connectivity index (χ1) is 7.11. The fraction of sp³-hybridized carbons (Fsp3) is 1.00. The second-order valence-electron chi connectivity index (χ2n) is 5.86. The molecule has 1 aliphatic carbocycles. The molecule has 1 saturated heterocycles. The van der Waals surface area contributed by atoms with Gasteiger partial charge in [-0.15, -0.1) is 0 Å². The molecule has 2 rings (SSSR count). The highest BCUT2D eigenvalue weighted by Crippen LogP contribution is 2.36. The summed E-state index contributed by atoms with van der Waals surface area (Å²) in [6.07, 6.45) is 8.44. The van der Waals surface area contributed by atoms with E-state index in [0.29, 0.717) is 6.10 Å². The number of ether oxygens (including phenoxy) is 1. The Morgan fingerprint density at radius 2 is 2.07 bits per heavy atom. The third kappa shape index (κ3) is 2.73. The maximum atomic E-state index is 6.08. The maximum absolute atomic E-state index is 6.08. The summed E-state index contributed by atoms with van der Waals surface area (Å²) in [5, 5.41) is 3.45. The monoisotopic (exact) mass is 211 g/mol. The normalized spacial score (nSPS) is 39.8. The zero-order valence-corrected chi connectivity index (χ0v) is 10.4. The van der Waals surface area contributed by atoms with Crippen molar-refractivity contribution in [2.45, 2.75) is 70.1 Å². The number of hydrogen-bond acceptors (Lipinski definition) is 2. The molecule has 88 valence electrons. The molecule has 1 saturated carbocycles. The highest BCUT2D eigenvalue weighted by atomic mass is 16.5. The van der Waals surface area contributed by atoms with Crippen molar-refractivity contribution in [1.82, 2.24) is 5.32 Å². The van der Waals surface area contributed by atoms with Gasteiger partial charge in [-0.2, -0.15) is 0 Å². The largest absolute Gasteiger partial charge is 0.372 e. The highest BCUT2D eigenvalue weighted by molar-refractivity contribution is 4.88. The van der Waals surface area contributed by atoms with E-state index in [4.69, 9.17) is 4.74 Å². The summed E-state index contributed by atoms with van der Waals surface area (Å²) < 4.78 is 6.08. The standard InChI is InChI=1S/C13H25NO/c1-13(2)8-7-11(15-13)9-10-5-4-6-12(10)14-3/h10-12,14H,4-9H2,1-3H3. The van der Waals surface area contributed by atoms with Crippen molar-refractivity contribution in [3.63, 3.8) is 0 Å². The zero-order valence-electron chi connectivity index (χ0n) is 10.4. The number of rotatable bonds is 3. The average molecular weight is 211 g/mol. The summed E-state index contributed by atoms with van der Waals surface area (Å²) in [6, 6.07) is 0.748. The average Bonchev–Trinajstić information content (AvgIpc) is 2.73. The molecule has 1 aliphatic heterocycles. The van der Waals surface area contributed by atoms with Crippen LogP contribution in [-0.4, -0.2) is 24.8 Å². The van der Waals surface area contributed by atoms with Gasteiger partial charge in [0.1, 0.15) is 0 Å². The van der Waals surface area contributed by atoms with E-state index in [1.54, 1.807) is 0 Å². The van der Waals surface area contributed by atoms with Gasteiger partial charge in [0.15, 0.2) is 0 Å². The Morgan fingerprint density at radius 3 is 2.67 bits per heavy atom. The van der Waals surface area contributed by atoms with Crippen LogP contribution in [0.4, 0.5) is 0 Å². The fourth-order valence-corrected chi connectivity index (χ4v) is 3.28. The topological polar surface area (TPSA) is 21.3 Å². The Kier molecular flexibility index (Phi) is 3.36. The molecule has 1 N–H and O–H groups in total. The van der Waals surface area contributed by atoms with Crippen molar-refractivity contribution in [2.75, 3.05) is 7.05 Å². The molecule has 3 unspecified atom stereocenters. The van der Waals surface area contributed by atoms with Crippen LogP contribution in [0.25, 0.3) is 0 Å². The summed E-state index contributed by atoms with van der Waals surface area (Å²) in [4.78, 5) is 0. The van der Waals surface area contributed by atoms with Crippen LogP contribution in [0.5, 0.6) is 0 Å². The number of nitrogens with one attached hydrogen (secondary N) is 1. The van der Waals surface area contributed by atoms with Gasteiger partial charge >= 0.3 is 0 Å². The van der Waals surface area contributed by atoms with Crippen molar-refractivity contribution in [3.8, 4) is 0 Å². The summed E-state index contributed by atoms with van der Waals surface area (Å²) in [5.41, 5.74) is 0.137. The van der Waals surface area contributed by atoms with E-state index in [1.165, 1.54) is 38.5 Å². The van der Waals surface area contributed by atoms with Gasteiger partial charge in [-0.3, -0.25) is 0 Å². The van der Waals surface area contributed by atoms with Crippen LogP contribution in [0.3, 0.4) is 0 Å². The number of hydrogen-bond donors (Lipinski definition) is 1. The van der Waals surface area contributed by atoms with E-state index in [0.717, 1.165) is 12.0 Å². The lowest BCUT2D eigenvalue weighted by Crippen LogP contribution is -2.31. The molecule has 2 fully saturated rings. The minimum absolute atomic E-state index is 0.137. The molecule has 0 aromatic heterocycles. The molecular formula is C13H25NO. The van der Waals surface area contributed by atoms with Gasteiger partial charge in [0.05, 0.1) is 11.7 Å². The summed E-state index contributed by atoms with van der Waals surface area (Å²) >= 11 is 0. The Labute approximate surface area is 93.8 Å². The maximum Gasteiger partial charge on any atom is 0.0631 e. The second-order valence-corrected chi connectivity index (χ2v) is 5.86. The first-order valence-electron chi connectivity index (χ1n) is 6.46. The lowest BCUT2D eigenvalue weighted by molar-refractivity contribution is -0.0254. The van der Waals surface area contributed by atoms with E-state index < -0.39 is 0 Å². The SMILES string of the molecule is CNC1CCCC1CC1CCC(C)(C)O1. The Bertz CT molecular complexity index is 215. The third-order valence-electron chi connectivity index (χ3n) is 4.15. The molecule has 2 aliphatic rings. The van der Waals surface area contributed by atoms with Crippen LogP contribution in [0.1, 0.15) is 52.4 Å². The first-order valence-corrected chi connectivity index (χ1v) is 6.46. The van der Waals surface area contributed by atoms with Crippen LogP contribution in [0.15, 0.2) is 0 Å². The van der Waals surface area contributed by atoms with Crippen molar-refractivity contribution < 1.29 is 4.74 Å². The van der Waals surface area contributed by atoms with Crippen LogP contribution in [-0.2, 0) is 4.74 Å². The summed E-state index contributed by atoms with van der Waals surface area (Å²) in [5.74, 6) is 0.855. The predicted molar refractivity (Wildman–Crippen MR) is 63.0 cm³/mol. The van der Waals surface area contributed by atoms with E-state index >= 15 is 0 Å². The predicted octanol–water partition coefficient (Wildman–Crippen LogP) is 2.72. The summed E-state index contributed by atoms with van der Waals surface area (Å²) in [6.45, 7) is 4.44. The van der Waals surface area contributed by atoms with Crippen molar-refractivity contribution in [2.24, 2.45) is 5.92 Å². The van der Waals surface area contributed by atoms with Crippen molar-refractivity contribution >= 4 is 0 Å². The Balaban J connectivity index is 1.82. The van der Waals surface area contributed by atoms with Crippen LogP contribution in [0, 0.1) is 5.92 Å². The summed E-state index contributed by atoms with van der Waals surface area (Å²) in [7, 11) is 2.10. The molecule has 0 radical (unpaired) electrons. The minimum atomic E-state index is 0.137. The van der Waals surface area contributed by atoms with Crippen LogP contribution in [0.2, 0.25) is 0 Å². The molecule has 0 amide bonds. The second kappa shape index (κ2) is 4.42. The van der Waals surface area contributed by atoms with E-state index in [2.05, 4.69) is 26.2 Å². The molecule has 15 heavy (non-hydrogen) atoms. The molecule has 0 aromatic rings. The van der Waals surface area contributed by atoms with Gasteiger partial charge in [-0.1, -0.05) is 6.42 Å². The Hall–Kier alpha value is -0.0800. The lowest BCUT2D eigenvalue weighted by atomic mass is 9.94. The van der Waals surface area contributed by atoms with Gasteiger partial charge in [0.2, 0.25) is 0 Å². The molecule has 2 nitrogen and oxygen atoms in total. The van der Waals surface area contributed by atoms with Crippen LogP contribution >= 0.6 is 0 Å². The van der Waals surface area contributed by atoms with Gasteiger partial charge in [-0.25, -0.2) is 0 Å². The molecule has 0 aromatic carbocycles.